The highest BCUT2D eigenvalue weighted by Crippen LogP contribution is 2.31. The summed E-state index contributed by atoms with van der Waals surface area (Å²) in [6.45, 7) is 14.0. The van der Waals surface area contributed by atoms with Gasteiger partial charge in [0, 0.05) is 5.54 Å². The Balaban J connectivity index is 2.50. The smallest absolute Gasteiger partial charge is 0.183 e. The van der Waals surface area contributed by atoms with Crippen LogP contribution in [0.2, 0.25) is 6.55 Å². The van der Waals surface area contributed by atoms with E-state index in [2.05, 4.69) is 88.6 Å². The first kappa shape index (κ1) is 17.2. The van der Waals surface area contributed by atoms with Crippen LogP contribution in [0.1, 0.15) is 47.5 Å². The lowest BCUT2D eigenvalue weighted by Gasteiger charge is -2.38. The Morgan fingerprint density at radius 1 is 1.14 bits per heavy atom. The van der Waals surface area contributed by atoms with Crippen LogP contribution in [0.5, 0.6) is 0 Å². The van der Waals surface area contributed by atoms with Crippen LogP contribution in [0.25, 0.3) is 0 Å². The molecule has 1 nitrogen and oxygen atoms in total. The number of allylic oxidation sites excluding steroid dienone is 4. The fraction of sp³-hybridized carbons (Fsp3) is 0.500. The molecule has 2 rings (SSSR count). The van der Waals surface area contributed by atoms with Gasteiger partial charge in [-0.1, -0.05) is 67.1 Å². The number of nitrogens with one attached hydrogen (secondary N) is 1. The zero-order chi connectivity index (χ0) is 16.4. The van der Waals surface area contributed by atoms with Crippen LogP contribution in [0.3, 0.4) is 0 Å². The molecule has 120 valence electrons. The van der Waals surface area contributed by atoms with Crippen LogP contribution >= 0.6 is 0 Å². The van der Waals surface area contributed by atoms with Crippen molar-refractivity contribution in [3.63, 3.8) is 0 Å². The Morgan fingerprint density at radius 3 is 2.32 bits per heavy atom. The standard InChI is InChI=1S/C20H31NSi/c1-16(2)15-17-11-10-14-19(17)22(6,21-20(3,4)5)18-12-8-7-9-13-18/h7-13,16,21H,14-15H2,1-6H3. The summed E-state index contributed by atoms with van der Waals surface area (Å²) in [5, 5.41) is 3.16. The van der Waals surface area contributed by atoms with Crippen LogP contribution in [-0.4, -0.2) is 13.8 Å². The van der Waals surface area contributed by atoms with Crippen LogP contribution in [-0.2, 0) is 0 Å². The second kappa shape index (κ2) is 6.55. The third-order valence-corrected chi connectivity index (χ3v) is 8.71. The maximum Gasteiger partial charge on any atom is 0.183 e. The van der Waals surface area contributed by atoms with E-state index < -0.39 is 8.24 Å². The van der Waals surface area contributed by atoms with Gasteiger partial charge in [0.25, 0.3) is 0 Å². The molecule has 0 fully saturated rings. The summed E-state index contributed by atoms with van der Waals surface area (Å²) in [7, 11) is -1.89. The molecule has 0 spiro atoms. The molecule has 2 heteroatoms. The van der Waals surface area contributed by atoms with Crippen molar-refractivity contribution in [1.82, 2.24) is 4.98 Å². The topological polar surface area (TPSA) is 12.0 Å². The molecule has 1 aromatic carbocycles. The van der Waals surface area contributed by atoms with Crippen molar-refractivity contribution in [3.05, 3.63) is 53.3 Å². The molecule has 1 atom stereocenters. The van der Waals surface area contributed by atoms with Crippen molar-refractivity contribution >= 4 is 13.4 Å². The lowest BCUT2D eigenvalue weighted by molar-refractivity contribution is 0.515. The normalized spacial score (nSPS) is 18.1. The molecule has 0 bridgehead atoms. The summed E-state index contributed by atoms with van der Waals surface area (Å²) in [5.74, 6) is 0.705. The van der Waals surface area contributed by atoms with Crippen LogP contribution in [0, 0.1) is 5.92 Å². The van der Waals surface area contributed by atoms with Crippen molar-refractivity contribution in [1.29, 1.82) is 0 Å². The number of rotatable bonds is 5. The Bertz CT molecular complexity index is 563. The zero-order valence-electron chi connectivity index (χ0n) is 15.0. The Hall–Kier alpha value is -1.12. The number of hydrogen-bond acceptors (Lipinski definition) is 1. The van der Waals surface area contributed by atoms with E-state index in [-0.39, 0.29) is 5.54 Å². The summed E-state index contributed by atoms with van der Waals surface area (Å²) in [5.41, 5.74) is 1.69. The molecule has 1 unspecified atom stereocenters. The van der Waals surface area contributed by atoms with E-state index in [0.717, 1.165) is 6.42 Å². The highest BCUT2D eigenvalue weighted by molar-refractivity contribution is 6.95. The van der Waals surface area contributed by atoms with Gasteiger partial charge in [-0.3, -0.25) is 0 Å². The lowest BCUT2D eigenvalue weighted by Crippen LogP contribution is -2.65. The second-order valence-electron chi connectivity index (χ2n) is 8.07. The van der Waals surface area contributed by atoms with E-state index in [1.165, 1.54) is 11.6 Å². The fourth-order valence-electron chi connectivity index (χ4n) is 3.55. The van der Waals surface area contributed by atoms with Gasteiger partial charge in [-0.15, -0.1) is 0 Å². The van der Waals surface area contributed by atoms with Gasteiger partial charge in [-0.25, -0.2) is 0 Å². The van der Waals surface area contributed by atoms with Gasteiger partial charge < -0.3 is 4.98 Å². The van der Waals surface area contributed by atoms with E-state index in [4.69, 9.17) is 0 Å². The van der Waals surface area contributed by atoms with Crippen molar-refractivity contribution in [3.8, 4) is 0 Å². The molecule has 1 N–H and O–H groups in total. The first-order valence-electron chi connectivity index (χ1n) is 8.46. The largest absolute Gasteiger partial charge is 0.326 e. The first-order valence-corrected chi connectivity index (χ1v) is 11.0. The summed E-state index contributed by atoms with van der Waals surface area (Å²) in [6.07, 6.45) is 7.02. The van der Waals surface area contributed by atoms with Crippen molar-refractivity contribution in [2.75, 3.05) is 0 Å². The van der Waals surface area contributed by atoms with Gasteiger partial charge in [0.2, 0.25) is 0 Å². The highest BCUT2D eigenvalue weighted by Gasteiger charge is 2.39. The lowest BCUT2D eigenvalue weighted by atomic mass is 10.0. The van der Waals surface area contributed by atoms with E-state index in [1.54, 1.807) is 10.8 Å². The van der Waals surface area contributed by atoms with E-state index in [1.807, 2.05) is 0 Å². The summed E-state index contributed by atoms with van der Waals surface area (Å²) >= 11 is 0. The van der Waals surface area contributed by atoms with Gasteiger partial charge in [0.15, 0.2) is 8.24 Å². The van der Waals surface area contributed by atoms with Crippen molar-refractivity contribution < 1.29 is 0 Å². The minimum Gasteiger partial charge on any atom is -0.326 e. The molecule has 0 radical (unpaired) electrons. The third-order valence-electron chi connectivity index (χ3n) is 4.24. The van der Waals surface area contributed by atoms with E-state index in [9.17, 15) is 0 Å². The molecule has 1 aliphatic rings. The summed E-state index contributed by atoms with van der Waals surface area (Å²) in [6, 6.07) is 11.1. The van der Waals surface area contributed by atoms with Crippen molar-refractivity contribution in [2.24, 2.45) is 5.92 Å². The number of hydrogen-bond donors (Lipinski definition) is 1. The van der Waals surface area contributed by atoms with E-state index >= 15 is 0 Å². The molecule has 1 aliphatic carbocycles. The molecule has 0 saturated heterocycles. The first-order chi connectivity index (χ1) is 10.2. The number of benzene rings is 1. The molecule has 0 saturated carbocycles. The maximum atomic E-state index is 4.04. The summed E-state index contributed by atoms with van der Waals surface area (Å²) in [4.78, 5) is 4.04. The Labute approximate surface area is 137 Å². The molecule has 0 amide bonds. The second-order valence-corrected chi connectivity index (χ2v) is 11.8. The minimum absolute atomic E-state index is 0.120. The highest BCUT2D eigenvalue weighted by atomic mass is 28.3. The molecule has 22 heavy (non-hydrogen) atoms. The van der Waals surface area contributed by atoms with Crippen molar-refractivity contribution in [2.45, 2.75) is 59.5 Å². The molecule has 0 heterocycles. The summed E-state index contributed by atoms with van der Waals surface area (Å²) < 4.78 is 0. The molecule has 1 aromatic rings. The Kier molecular flexibility index (Phi) is 5.13. The van der Waals surface area contributed by atoms with Gasteiger partial charge >= 0.3 is 0 Å². The zero-order valence-corrected chi connectivity index (χ0v) is 16.0. The van der Waals surface area contributed by atoms with Crippen LogP contribution in [0.15, 0.2) is 53.3 Å². The minimum atomic E-state index is -1.89. The van der Waals surface area contributed by atoms with Gasteiger partial charge in [0.1, 0.15) is 0 Å². The quantitative estimate of drug-likeness (QED) is 0.777. The van der Waals surface area contributed by atoms with Gasteiger partial charge in [0.05, 0.1) is 0 Å². The average Bonchev–Trinajstić information content (AvgIpc) is 2.85. The van der Waals surface area contributed by atoms with Crippen LogP contribution < -0.4 is 10.2 Å². The van der Waals surface area contributed by atoms with E-state index in [0.29, 0.717) is 5.92 Å². The monoisotopic (exact) mass is 313 g/mol. The molecular weight excluding hydrogens is 282 g/mol. The van der Waals surface area contributed by atoms with Gasteiger partial charge in [-0.05, 0) is 51.3 Å². The molecule has 0 aromatic heterocycles. The Morgan fingerprint density at radius 2 is 1.77 bits per heavy atom. The SMILES string of the molecule is CC(C)CC1=C([Si](C)(NC(C)(C)C)c2ccccc2)CC=C1. The maximum absolute atomic E-state index is 4.04. The van der Waals surface area contributed by atoms with Crippen LogP contribution in [0.4, 0.5) is 0 Å². The fourth-order valence-corrected chi connectivity index (χ4v) is 7.91. The predicted octanol–water partition coefficient (Wildman–Crippen LogP) is 4.70. The molecule has 0 aliphatic heterocycles. The third kappa shape index (κ3) is 3.99. The molecular formula is C20H31NSi. The predicted molar refractivity (Wildman–Crippen MR) is 101 cm³/mol. The average molecular weight is 314 g/mol. The van der Waals surface area contributed by atoms with Gasteiger partial charge in [-0.2, -0.15) is 0 Å².